The fraction of sp³-hybridized carbons (Fsp3) is 0.231. The van der Waals surface area contributed by atoms with Gasteiger partial charge >= 0.3 is 0 Å². The summed E-state index contributed by atoms with van der Waals surface area (Å²) in [4.78, 5) is 6.69. The maximum absolute atomic E-state index is 5.77. The second-order valence-corrected chi connectivity index (χ2v) is 4.57. The summed E-state index contributed by atoms with van der Waals surface area (Å²) in [6.07, 6.45) is 3.41. The summed E-state index contributed by atoms with van der Waals surface area (Å²) in [7, 11) is 1.94. The van der Waals surface area contributed by atoms with Crippen LogP contribution < -0.4 is 10.6 Å². The highest BCUT2D eigenvalue weighted by Gasteiger charge is 2.14. The molecule has 5 heteroatoms. The number of hydrogen-bond acceptors (Lipinski definition) is 4. The fourth-order valence-corrected chi connectivity index (χ4v) is 2.10. The predicted octanol–water partition coefficient (Wildman–Crippen LogP) is 2.25. The highest BCUT2D eigenvalue weighted by Crippen LogP contribution is 2.21. The molecule has 0 unspecified atom stereocenters. The van der Waals surface area contributed by atoms with Crippen LogP contribution in [0.25, 0.3) is 0 Å². The molecule has 2 N–H and O–H groups in total. The summed E-state index contributed by atoms with van der Waals surface area (Å²) < 4.78 is 5.32. The van der Waals surface area contributed by atoms with E-state index in [9.17, 15) is 0 Å². The Labute approximate surface area is 111 Å². The molecule has 0 aliphatic rings. The van der Waals surface area contributed by atoms with Crippen molar-refractivity contribution in [2.75, 3.05) is 11.9 Å². The lowest BCUT2D eigenvalue weighted by molar-refractivity contribution is 0.507. The van der Waals surface area contributed by atoms with Crippen LogP contribution in [0.1, 0.15) is 16.9 Å². The third kappa shape index (κ3) is 2.51. The number of nitrogens with zero attached hydrogens (tertiary/aromatic N) is 2. The SMILES string of the molecule is Cc1ccnc(N(C)Cc2ccco2)c1C(N)=S. The van der Waals surface area contributed by atoms with Gasteiger partial charge in [-0.1, -0.05) is 12.2 Å². The van der Waals surface area contributed by atoms with Crippen LogP contribution in [-0.2, 0) is 6.54 Å². The molecule has 0 aliphatic carbocycles. The van der Waals surface area contributed by atoms with E-state index in [1.54, 1.807) is 12.5 Å². The van der Waals surface area contributed by atoms with E-state index < -0.39 is 0 Å². The van der Waals surface area contributed by atoms with Gasteiger partial charge in [-0.15, -0.1) is 0 Å². The van der Waals surface area contributed by atoms with Crippen LogP contribution in [0.15, 0.2) is 35.1 Å². The number of rotatable bonds is 4. The molecule has 0 bridgehead atoms. The number of hydrogen-bond donors (Lipinski definition) is 1. The Morgan fingerprint density at radius 2 is 2.28 bits per heavy atom. The zero-order valence-electron chi connectivity index (χ0n) is 10.4. The number of nitrogens with two attached hydrogens (primary N) is 1. The molecule has 0 spiro atoms. The van der Waals surface area contributed by atoms with Crippen LogP contribution in [0.5, 0.6) is 0 Å². The van der Waals surface area contributed by atoms with Gasteiger partial charge in [-0.3, -0.25) is 0 Å². The van der Waals surface area contributed by atoms with Crippen molar-refractivity contribution in [1.82, 2.24) is 4.98 Å². The number of furan rings is 1. The van der Waals surface area contributed by atoms with Gasteiger partial charge in [0, 0.05) is 13.2 Å². The van der Waals surface area contributed by atoms with Crippen LogP contribution in [0, 0.1) is 6.92 Å². The van der Waals surface area contributed by atoms with Crippen molar-refractivity contribution < 1.29 is 4.42 Å². The van der Waals surface area contributed by atoms with E-state index >= 15 is 0 Å². The van der Waals surface area contributed by atoms with Crippen molar-refractivity contribution in [2.45, 2.75) is 13.5 Å². The molecule has 0 fully saturated rings. The lowest BCUT2D eigenvalue weighted by Gasteiger charge is -2.20. The summed E-state index contributed by atoms with van der Waals surface area (Å²) in [6.45, 7) is 2.60. The minimum Gasteiger partial charge on any atom is -0.467 e. The highest BCUT2D eigenvalue weighted by atomic mass is 32.1. The summed E-state index contributed by atoms with van der Waals surface area (Å²) in [5, 5.41) is 0. The first kappa shape index (κ1) is 12.6. The Morgan fingerprint density at radius 3 is 2.89 bits per heavy atom. The zero-order chi connectivity index (χ0) is 13.1. The van der Waals surface area contributed by atoms with E-state index in [0.717, 1.165) is 22.7 Å². The first-order chi connectivity index (χ1) is 8.59. The summed E-state index contributed by atoms with van der Waals surface area (Å²) in [6, 6.07) is 5.69. The quantitative estimate of drug-likeness (QED) is 0.855. The van der Waals surface area contributed by atoms with Crippen molar-refractivity contribution >= 4 is 23.0 Å². The molecule has 18 heavy (non-hydrogen) atoms. The third-order valence-electron chi connectivity index (χ3n) is 2.72. The lowest BCUT2D eigenvalue weighted by Crippen LogP contribution is -2.23. The third-order valence-corrected chi connectivity index (χ3v) is 2.92. The molecule has 0 saturated heterocycles. The van der Waals surface area contributed by atoms with Gasteiger partial charge in [0.05, 0.1) is 18.4 Å². The second-order valence-electron chi connectivity index (χ2n) is 4.13. The van der Waals surface area contributed by atoms with Crippen molar-refractivity contribution in [3.8, 4) is 0 Å². The van der Waals surface area contributed by atoms with Gasteiger partial charge in [0.25, 0.3) is 0 Å². The van der Waals surface area contributed by atoms with Crippen LogP contribution in [-0.4, -0.2) is 17.0 Å². The minimum atomic E-state index is 0.363. The molecule has 0 radical (unpaired) electrons. The van der Waals surface area contributed by atoms with Crippen molar-refractivity contribution in [3.63, 3.8) is 0 Å². The van der Waals surface area contributed by atoms with Gasteiger partial charge in [-0.2, -0.15) is 0 Å². The Bertz CT molecular complexity index is 551. The maximum Gasteiger partial charge on any atom is 0.139 e. The number of thiocarbonyl (C=S) groups is 1. The summed E-state index contributed by atoms with van der Waals surface area (Å²) >= 11 is 5.09. The Morgan fingerprint density at radius 1 is 1.50 bits per heavy atom. The largest absolute Gasteiger partial charge is 0.467 e. The molecule has 2 heterocycles. The van der Waals surface area contributed by atoms with E-state index in [-0.39, 0.29) is 0 Å². The topological polar surface area (TPSA) is 55.3 Å². The molecule has 0 saturated carbocycles. The Balaban J connectivity index is 2.32. The molecule has 0 atom stereocenters. The summed E-state index contributed by atoms with van der Waals surface area (Å²) in [5.41, 5.74) is 7.62. The monoisotopic (exact) mass is 261 g/mol. The molecule has 0 amide bonds. The number of aryl methyl sites for hydroxylation is 1. The van der Waals surface area contributed by atoms with E-state index in [0.29, 0.717) is 11.5 Å². The van der Waals surface area contributed by atoms with Gasteiger partial charge in [-0.05, 0) is 30.7 Å². The van der Waals surface area contributed by atoms with Gasteiger partial charge in [0.1, 0.15) is 16.6 Å². The van der Waals surface area contributed by atoms with Crippen molar-refractivity contribution in [2.24, 2.45) is 5.73 Å². The molecule has 2 aromatic heterocycles. The van der Waals surface area contributed by atoms with Crippen LogP contribution in [0.3, 0.4) is 0 Å². The minimum absolute atomic E-state index is 0.363. The molecule has 94 valence electrons. The summed E-state index contributed by atoms with van der Waals surface area (Å²) in [5.74, 6) is 1.65. The fourth-order valence-electron chi connectivity index (χ4n) is 1.85. The van der Waals surface area contributed by atoms with Crippen molar-refractivity contribution in [1.29, 1.82) is 0 Å². The molecule has 0 aliphatic heterocycles. The van der Waals surface area contributed by atoms with E-state index in [1.165, 1.54) is 0 Å². The average Bonchev–Trinajstić information content (AvgIpc) is 2.80. The smallest absolute Gasteiger partial charge is 0.139 e. The van der Waals surface area contributed by atoms with Gasteiger partial charge in [0.15, 0.2) is 0 Å². The number of anilines is 1. The maximum atomic E-state index is 5.77. The van der Waals surface area contributed by atoms with Gasteiger partial charge in [-0.25, -0.2) is 4.98 Å². The zero-order valence-corrected chi connectivity index (χ0v) is 11.2. The van der Waals surface area contributed by atoms with E-state index in [4.69, 9.17) is 22.4 Å². The van der Waals surface area contributed by atoms with Crippen LogP contribution >= 0.6 is 12.2 Å². The highest BCUT2D eigenvalue weighted by molar-refractivity contribution is 7.80. The molecule has 0 aromatic carbocycles. The second kappa shape index (κ2) is 5.18. The van der Waals surface area contributed by atoms with Gasteiger partial charge in [0.2, 0.25) is 0 Å². The first-order valence-corrected chi connectivity index (χ1v) is 5.99. The predicted molar refractivity (Wildman–Crippen MR) is 75.7 cm³/mol. The molecule has 2 aromatic rings. The number of aromatic nitrogens is 1. The van der Waals surface area contributed by atoms with E-state index in [2.05, 4.69) is 4.98 Å². The first-order valence-electron chi connectivity index (χ1n) is 5.58. The Kier molecular flexibility index (Phi) is 3.62. The standard InChI is InChI=1S/C13H15N3OS/c1-9-5-6-15-13(11(9)12(14)18)16(2)8-10-4-3-7-17-10/h3-7H,8H2,1-2H3,(H2,14,18). The number of pyridine rings is 1. The lowest BCUT2D eigenvalue weighted by atomic mass is 10.1. The molecular weight excluding hydrogens is 246 g/mol. The van der Waals surface area contributed by atoms with Gasteiger partial charge < -0.3 is 15.1 Å². The van der Waals surface area contributed by atoms with Crippen LogP contribution in [0.2, 0.25) is 0 Å². The molecule has 2 rings (SSSR count). The van der Waals surface area contributed by atoms with Crippen molar-refractivity contribution in [3.05, 3.63) is 47.5 Å². The van der Waals surface area contributed by atoms with E-state index in [1.807, 2.05) is 37.1 Å². The average molecular weight is 261 g/mol. The normalized spacial score (nSPS) is 10.3. The van der Waals surface area contributed by atoms with Crippen LogP contribution in [0.4, 0.5) is 5.82 Å². The molecular formula is C13H15N3OS. The Hall–Kier alpha value is -1.88. The molecule has 4 nitrogen and oxygen atoms in total.